The van der Waals surface area contributed by atoms with Gasteiger partial charge in [0.2, 0.25) is 0 Å². The van der Waals surface area contributed by atoms with Gasteiger partial charge in [-0.1, -0.05) is 182 Å². The Morgan fingerprint density at radius 2 is 0.833 bits per heavy atom. The molecule has 0 radical (unpaired) electrons. The van der Waals surface area contributed by atoms with Crippen molar-refractivity contribution < 1.29 is 4.42 Å². The highest BCUT2D eigenvalue weighted by Crippen LogP contribution is 2.42. The normalized spacial score (nSPS) is 11.4. The monoisotopic (exact) mass is 844 g/mol. The fourth-order valence-electron chi connectivity index (χ4n) is 9.70. The second kappa shape index (κ2) is 16.8. The van der Waals surface area contributed by atoms with Crippen molar-refractivity contribution in [2.24, 2.45) is 0 Å². The lowest BCUT2D eigenvalue weighted by atomic mass is 9.91. The molecule has 3 nitrogen and oxygen atoms in total. The molecule has 0 bridgehead atoms. The van der Waals surface area contributed by atoms with E-state index in [4.69, 9.17) is 4.42 Å². The molecule has 12 rings (SSSR count). The van der Waals surface area contributed by atoms with E-state index < -0.39 is 0 Å². The van der Waals surface area contributed by atoms with E-state index in [0.717, 1.165) is 55.8 Å². The molecule has 66 heavy (non-hydrogen) atoms. The fraction of sp³-hybridized carbons (Fsp3) is 0.0159. The zero-order valence-electron chi connectivity index (χ0n) is 36.3. The minimum atomic E-state index is 0.632. The van der Waals surface area contributed by atoms with Crippen molar-refractivity contribution in [2.75, 3.05) is 9.80 Å². The predicted octanol–water partition coefficient (Wildman–Crippen LogP) is 17.7. The Bertz CT molecular complexity index is 3670. The van der Waals surface area contributed by atoms with Gasteiger partial charge in [0.05, 0.1) is 0 Å². The van der Waals surface area contributed by atoms with Gasteiger partial charge in [0.15, 0.2) is 0 Å². The number of rotatable bonds is 10. The quantitative estimate of drug-likeness (QED) is 0.128. The second-order valence-electron chi connectivity index (χ2n) is 16.9. The highest BCUT2D eigenvalue weighted by molar-refractivity contribution is 6.17. The van der Waals surface area contributed by atoms with Gasteiger partial charge in [0.25, 0.3) is 0 Å². The Morgan fingerprint density at radius 3 is 1.64 bits per heavy atom. The molecule has 312 valence electrons. The van der Waals surface area contributed by atoms with Gasteiger partial charge in [-0.3, -0.25) is 0 Å². The summed E-state index contributed by atoms with van der Waals surface area (Å²) < 4.78 is 6.35. The van der Waals surface area contributed by atoms with E-state index in [2.05, 4.69) is 259 Å². The maximum atomic E-state index is 6.35. The van der Waals surface area contributed by atoms with Crippen LogP contribution >= 0.6 is 0 Å². The molecule has 0 amide bonds. The minimum absolute atomic E-state index is 0.632. The van der Waals surface area contributed by atoms with Gasteiger partial charge in [-0.15, -0.1) is 0 Å². The summed E-state index contributed by atoms with van der Waals surface area (Å²) in [4.78, 5) is 4.84. The van der Waals surface area contributed by atoms with Crippen molar-refractivity contribution in [1.82, 2.24) is 0 Å². The summed E-state index contributed by atoms with van der Waals surface area (Å²) in [7, 11) is 0. The van der Waals surface area contributed by atoms with Gasteiger partial charge >= 0.3 is 0 Å². The SMILES string of the molecule is c1ccc(-c2ccc(N(c3ccccc3)c3cccc(N(Cc4ccccc4-c4ccccc4-c4ccccc4)c4ccc5ccc6cc7oc8ccccc8c7cc6c5c4)c3)cc2)cc1. The van der Waals surface area contributed by atoms with Crippen molar-refractivity contribution in [2.45, 2.75) is 6.54 Å². The second-order valence-corrected chi connectivity index (χ2v) is 16.9. The van der Waals surface area contributed by atoms with Crippen LogP contribution in [0.3, 0.4) is 0 Å². The molecule has 3 heteroatoms. The van der Waals surface area contributed by atoms with Crippen LogP contribution in [0.1, 0.15) is 5.56 Å². The largest absolute Gasteiger partial charge is 0.456 e. The van der Waals surface area contributed by atoms with Crippen molar-refractivity contribution in [1.29, 1.82) is 0 Å². The molecule has 0 atom stereocenters. The van der Waals surface area contributed by atoms with Crippen molar-refractivity contribution in [3.8, 4) is 33.4 Å². The Hall–Kier alpha value is -8.66. The van der Waals surface area contributed by atoms with Gasteiger partial charge in [-0.05, 0) is 133 Å². The van der Waals surface area contributed by atoms with Crippen LogP contribution in [0.5, 0.6) is 0 Å². The first-order chi connectivity index (χ1) is 32.7. The van der Waals surface area contributed by atoms with E-state index in [1.54, 1.807) is 0 Å². The molecular formula is C63H44N2O. The zero-order chi connectivity index (χ0) is 43.8. The third-order valence-corrected chi connectivity index (χ3v) is 12.9. The van der Waals surface area contributed by atoms with E-state index in [9.17, 15) is 0 Å². The molecule has 0 saturated carbocycles. The fourth-order valence-corrected chi connectivity index (χ4v) is 9.70. The molecule has 0 saturated heterocycles. The van der Waals surface area contributed by atoms with E-state index in [-0.39, 0.29) is 0 Å². The lowest BCUT2D eigenvalue weighted by Crippen LogP contribution is -2.18. The summed E-state index contributed by atoms with van der Waals surface area (Å²) >= 11 is 0. The van der Waals surface area contributed by atoms with Gasteiger partial charge in [0, 0.05) is 45.8 Å². The molecule has 1 aromatic heterocycles. The third kappa shape index (κ3) is 7.23. The standard InChI is InChI=1S/C63H44N2O/c1-4-17-44(18-5-1)45-33-36-51(37-34-45)65(50-22-8-3-9-23-50)54-25-16-24-52(40-54)64(43-49-21-10-11-27-56(49)57-28-13-12-26-55(57)46-19-6-2-7-20-46)53-38-35-47-31-32-48-39-63-61(42-60(48)59(47)41-53)58-29-14-15-30-62(58)66-63/h1-42H,43H2. The first-order valence-corrected chi connectivity index (χ1v) is 22.6. The van der Waals surface area contributed by atoms with Crippen molar-refractivity contribution in [3.63, 3.8) is 0 Å². The van der Waals surface area contributed by atoms with Crippen LogP contribution in [0.25, 0.3) is 76.9 Å². The molecular weight excluding hydrogens is 801 g/mol. The first kappa shape index (κ1) is 39.0. The molecule has 0 aliphatic carbocycles. The van der Waals surface area contributed by atoms with E-state index in [1.807, 2.05) is 6.07 Å². The van der Waals surface area contributed by atoms with Crippen LogP contribution in [0.2, 0.25) is 0 Å². The third-order valence-electron chi connectivity index (χ3n) is 12.9. The number of hydrogen-bond acceptors (Lipinski definition) is 3. The highest BCUT2D eigenvalue weighted by atomic mass is 16.3. The van der Waals surface area contributed by atoms with E-state index >= 15 is 0 Å². The topological polar surface area (TPSA) is 19.6 Å². The first-order valence-electron chi connectivity index (χ1n) is 22.6. The van der Waals surface area contributed by atoms with Gasteiger partial charge in [-0.25, -0.2) is 0 Å². The zero-order valence-corrected chi connectivity index (χ0v) is 36.3. The summed E-state index contributed by atoms with van der Waals surface area (Å²) in [5.74, 6) is 0. The van der Waals surface area contributed by atoms with Crippen molar-refractivity contribution in [3.05, 3.63) is 260 Å². The molecule has 0 fully saturated rings. The number of fused-ring (bicyclic) bond motifs is 6. The molecule has 0 unspecified atom stereocenters. The molecule has 0 aliphatic rings. The number of para-hydroxylation sites is 2. The van der Waals surface area contributed by atoms with Gasteiger partial charge < -0.3 is 14.2 Å². The van der Waals surface area contributed by atoms with Gasteiger partial charge in [0.1, 0.15) is 11.2 Å². The average molecular weight is 845 g/mol. The summed E-state index contributed by atoms with van der Waals surface area (Å²) in [6.45, 7) is 0.632. The lowest BCUT2D eigenvalue weighted by molar-refractivity contribution is 0.669. The molecule has 12 aromatic rings. The highest BCUT2D eigenvalue weighted by Gasteiger charge is 2.20. The Labute approximate surface area is 384 Å². The lowest BCUT2D eigenvalue weighted by Gasteiger charge is -2.30. The average Bonchev–Trinajstić information content (AvgIpc) is 3.76. The van der Waals surface area contributed by atoms with Crippen LogP contribution in [0.4, 0.5) is 28.4 Å². The molecule has 11 aromatic carbocycles. The summed E-state index contributed by atoms with van der Waals surface area (Å²) in [5.41, 5.74) is 15.7. The molecule has 0 N–H and O–H groups in total. The molecule has 0 aliphatic heterocycles. The maximum Gasteiger partial charge on any atom is 0.136 e. The van der Waals surface area contributed by atoms with Crippen LogP contribution in [-0.2, 0) is 6.54 Å². The number of hydrogen-bond donors (Lipinski definition) is 0. The Balaban J connectivity index is 1.03. The maximum absolute atomic E-state index is 6.35. The van der Waals surface area contributed by atoms with Gasteiger partial charge in [-0.2, -0.15) is 0 Å². The van der Waals surface area contributed by atoms with E-state index in [1.165, 1.54) is 55.1 Å². The number of nitrogens with zero attached hydrogens (tertiary/aromatic N) is 2. The smallest absolute Gasteiger partial charge is 0.136 e. The molecule has 1 heterocycles. The van der Waals surface area contributed by atoms with Crippen LogP contribution < -0.4 is 9.80 Å². The number of anilines is 5. The summed E-state index contributed by atoms with van der Waals surface area (Å²) in [5, 5.41) is 7.01. The Kier molecular flexibility index (Phi) is 9.92. The van der Waals surface area contributed by atoms with Crippen molar-refractivity contribution >= 4 is 71.9 Å². The Morgan fingerprint density at radius 1 is 0.288 bits per heavy atom. The molecule has 0 spiro atoms. The number of benzene rings is 11. The van der Waals surface area contributed by atoms with Crippen LogP contribution in [0, 0.1) is 0 Å². The predicted molar refractivity (Wildman–Crippen MR) is 278 cm³/mol. The summed E-state index contributed by atoms with van der Waals surface area (Å²) in [6, 6.07) is 91.8. The number of furan rings is 1. The minimum Gasteiger partial charge on any atom is -0.456 e. The van der Waals surface area contributed by atoms with Crippen LogP contribution in [-0.4, -0.2) is 0 Å². The van der Waals surface area contributed by atoms with E-state index in [0.29, 0.717) is 6.54 Å². The summed E-state index contributed by atoms with van der Waals surface area (Å²) in [6.07, 6.45) is 0. The van der Waals surface area contributed by atoms with Crippen LogP contribution in [0.15, 0.2) is 259 Å².